The van der Waals surface area contributed by atoms with Gasteiger partial charge in [0.1, 0.15) is 5.75 Å². The molecule has 0 radical (unpaired) electrons. The van der Waals surface area contributed by atoms with E-state index in [-0.39, 0.29) is 11.8 Å². The summed E-state index contributed by atoms with van der Waals surface area (Å²) < 4.78 is 6.85. The van der Waals surface area contributed by atoms with Crippen LogP contribution in [0.2, 0.25) is 0 Å². The third-order valence-corrected chi connectivity index (χ3v) is 5.44. The van der Waals surface area contributed by atoms with Crippen LogP contribution in [-0.2, 0) is 11.2 Å². The first-order valence-electron chi connectivity index (χ1n) is 10.2. The third-order valence-electron chi connectivity index (χ3n) is 5.44. The van der Waals surface area contributed by atoms with Crippen molar-refractivity contribution in [2.24, 2.45) is 5.92 Å². The fourth-order valence-corrected chi connectivity index (χ4v) is 3.65. The van der Waals surface area contributed by atoms with E-state index < -0.39 is 0 Å². The number of anilines is 1. The van der Waals surface area contributed by atoms with E-state index >= 15 is 0 Å². The highest BCUT2D eigenvalue weighted by Gasteiger charge is 2.25. The zero-order valence-corrected chi connectivity index (χ0v) is 17.1. The first kappa shape index (κ1) is 19.9. The molecule has 0 saturated carbocycles. The van der Waals surface area contributed by atoms with Crippen molar-refractivity contribution >= 4 is 11.7 Å². The molecule has 2 aromatic heterocycles. The normalized spacial score (nSPS) is 14.5. The Morgan fingerprint density at radius 3 is 2.47 bits per heavy atom. The molecule has 1 saturated heterocycles. The lowest BCUT2D eigenvalue weighted by atomic mass is 9.96. The SMILES string of the molecule is COc1ccc(CCNC(=O)C2CCN(c3ccc(-n4cccn4)nn3)CC2)cc1. The highest BCUT2D eigenvalue weighted by Crippen LogP contribution is 2.22. The van der Waals surface area contributed by atoms with Crippen LogP contribution >= 0.6 is 0 Å². The Hall–Kier alpha value is -3.42. The number of benzene rings is 1. The van der Waals surface area contributed by atoms with Crippen LogP contribution < -0.4 is 15.0 Å². The number of amides is 1. The minimum absolute atomic E-state index is 0.0495. The van der Waals surface area contributed by atoms with Gasteiger partial charge in [0.05, 0.1) is 7.11 Å². The van der Waals surface area contributed by atoms with Gasteiger partial charge in [-0.15, -0.1) is 10.2 Å². The smallest absolute Gasteiger partial charge is 0.223 e. The minimum atomic E-state index is 0.0495. The van der Waals surface area contributed by atoms with Gasteiger partial charge >= 0.3 is 0 Å². The fourth-order valence-electron chi connectivity index (χ4n) is 3.65. The second-order valence-electron chi connectivity index (χ2n) is 7.35. The molecule has 1 amide bonds. The van der Waals surface area contributed by atoms with E-state index in [1.807, 2.05) is 48.7 Å². The van der Waals surface area contributed by atoms with Crippen LogP contribution in [0.15, 0.2) is 54.9 Å². The van der Waals surface area contributed by atoms with Crippen LogP contribution in [0.1, 0.15) is 18.4 Å². The lowest BCUT2D eigenvalue weighted by Crippen LogP contribution is -2.41. The van der Waals surface area contributed by atoms with Crippen molar-refractivity contribution in [2.75, 3.05) is 31.6 Å². The Morgan fingerprint density at radius 2 is 1.83 bits per heavy atom. The second kappa shape index (κ2) is 9.39. The number of hydrogen-bond acceptors (Lipinski definition) is 6. The first-order valence-corrected chi connectivity index (χ1v) is 10.2. The average molecular weight is 406 g/mol. The zero-order chi connectivity index (χ0) is 20.8. The topological polar surface area (TPSA) is 85.2 Å². The summed E-state index contributed by atoms with van der Waals surface area (Å²) in [5.74, 6) is 2.56. The molecule has 1 fully saturated rings. The fraction of sp³-hybridized carbons (Fsp3) is 0.364. The molecular formula is C22H26N6O2. The first-order chi connectivity index (χ1) is 14.7. The number of hydrogen-bond donors (Lipinski definition) is 1. The van der Waals surface area contributed by atoms with Gasteiger partial charge in [-0.3, -0.25) is 4.79 Å². The Labute approximate surface area is 175 Å². The lowest BCUT2D eigenvalue weighted by Gasteiger charge is -2.31. The summed E-state index contributed by atoms with van der Waals surface area (Å²) in [4.78, 5) is 14.7. The number of nitrogens with one attached hydrogen (secondary N) is 1. The van der Waals surface area contributed by atoms with Gasteiger partial charge in [0.25, 0.3) is 0 Å². The van der Waals surface area contributed by atoms with Gasteiger partial charge in [-0.25, -0.2) is 4.68 Å². The molecule has 1 N–H and O–H groups in total. The summed E-state index contributed by atoms with van der Waals surface area (Å²) in [6.07, 6.45) is 5.99. The van der Waals surface area contributed by atoms with Crippen molar-refractivity contribution in [3.63, 3.8) is 0 Å². The molecule has 3 aromatic rings. The number of carbonyl (C=O) groups is 1. The molecule has 0 atom stereocenters. The van der Waals surface area contributed by atoms with E-state index in [9.17, 15) is 4.79 Å². The molecule has 30 heavy (non-hydrogen) atoms. The van der Waals surface area contributed by atoms with E-state index in [4.69, 9.17) is 4.74 Å². The van der Waals surface area contributed by atoms with E-state index in [0.29, 0.717) is 12.4 Å². The predicted molar refractivity (Wildman–Crippen MR) is 114 cm³/mol. The number of carbonyl (C=O) groups excluding carboxylic acids is 1. The molecule has 156 valence electrons. The minimum Gasteiger partial charge on any atom is -0.497 e. The quantitative estimate of drug-likeness (QED) is 0.648. The maximum atomic E-state index is 12.5. The number of methoxy groups -OCH3 is 1. The largest absolute Gasteiger partial charge is 0.497 e. The highest BCUT2D eigenvalue weighted by atomic mass is 16.5. The second-order valence-corrected chi connectivity index (χ2v) is 7.35. The number of nitrogens with zero attached hydrogens (tertiary/aromatic N) is 5. The van der Waals surface area contributed by atoms with Crippen molar-refractivity contribution in [3.8, 4) is 11.6 Å². The van der Waals surface area contributed by atoms with Crippen molar-refractivity contribution in [1.82, 2.24) is 25.3 Å². The van der Waals surface area contributed by atoms with Crippen LogP contribution in [-0.4, -0.2) is 52.6 Å². The summed E-state index contributed by atoms with van der Waals surface area (Å²) >= 11 is 0. The molecule has 0 unspecified atom stereocenters. The van der Waals surface area contributed by atoms with Crippen molar-refractivity contribution < 1.29 is 9.53 Å². The van der Waals surface area contributed by atoms with Gasteiger partial charge in [0.2, 0.25) is 5.91 Å². The molecule has 0 bridgehead atoms. The summed E-state index contributed by atoms with van der Waals surface area (Å²) in [7, 11) is 1.66. The third kappa shape index (κ3) is 4.76. The number of piperidine rings is 1. The summed E-state index contributed by atoms with van der Waals surface area (Å²) in [6, 6.07) is 13.7. The molecule has 1 aliphatic rings. The number of ether oxygens (including phenoxy) is 1. The average Bonchev–Trinajstić information content (AvgIpc) is 3.35. The monoisotopic (exact) mass is 406 g/mol. The van der Waals surface area contributed by atoms with Crippen LogP contribution in [0.25, 0.3) is 5.82 Å². The molecule has 0 spiro atoms. The van der Waals surface area contributed by atoms with E-state index in [1.54, 1.807) is 18.0 Å². The maximum Gasteiger partial charge on any atom is 0.223 e. The van der Waals surface area contributed by atoms with E-state index in [1.165, 1.54) is 5.56 Å². The molecule has 0 aliphatic carbocycles. The van der Waals surface area contributed by atoms with Crippen LogP contribution in [0.4, 0.5) is 5.82 Å². The Kier molecular flexibility index (Phi) is 6.22. The van der Waals surface area contributed by atoms with Gasteiger partial charge in [-0.05, 0) is 55.2 Å². The Bertz CT molecular complexity index is 933. The molecule has 4 rings (SSSR count). The van der Waals surface area contributed by atoms with Gasteiger partial charge in [-0.1, -0.05) is 12.1 Å². The summed E-state index contributed by atoms with van der Waals surface area (Å²) in [5, 5.41) is 15.8. The maximum absolute atomic E-state index is 12.5. The lowest BCUT2D eigenvalue weighted by molar-refractivity contribution is -0.125. The summed E-state index contributed by atoms with van der Waals surface area (Å²) in [5.41, 5.74) is 1.18. The van der Waals surface area contributed by atoms with Crippen LogP contribution in [0.5, 0.6) is 5.75 Å². The Balaban J connectivity index is 1.22. The molecular weight excluding hydrogens is 380 g/mol. The van der Waals surface area contributed by atoms with E-state index in [0.717, 1.165) is 43.9 Å². The van der Waals surface area contributed by atoms with Crippen molar-refractivity contribution in [2.45, 2.75) is 19.3 Å². The molecule has 8 heteroatoms. The molecule has 3 heterocycles. The van der Waals surface area contributed by atoms with Gasteiger partial charge < -0.3 is 15.0 Å². The van der Waals surface area contributed by atoms with Crippen molar-refractivity contribution in [3.05, 3.63) is 60.4 Å². The summed E-state index contributed by atoms with van der Waals surface area (Å²) in [6.45, 7) is 2.24. The Morgan fingerprint density at radius 1 is 1.10 bits per heavy atom. The van der Waals surface area contributed by atoms with Crippen LogP contribution in [0.3, 0.4) is 0 Å². The predicted octanol–water partition coefficient (Wildman–Crippen LogP) is 2.25. The van der Waals surface area contributed by atoms with Gasteiger partial charge in [0.15, 0.2) is 11.6 Å². The zero-order valence-electron chi connectivity index (χ0n) is 17.1. The molecule has 1 aromatic carbocycles. The van der Waals surface area contributed by atoms with Gasteiger partial charge in [-0.2, -0.15) is 5.10 Å². The molecule has 1 aliphatic heterocycles. The van der Waals surface area contributed by atoms with Crippen LogP contribution in [0, 0.1) is 5.92 Å². The molecule has 8 nitrogen and oxygen atoms in total. The van der Waals surface area contributed by atoms with Gasteiger partial charge in [0, 0.05) is 37.9 Å². The van der Waals surface area contributed by atoms with Crippen molar-refractivity contribution in [1.29, 1.82) is 0 Å². The van der Waals surface area contributed by atoms with E-state index in [2.05, 4.69) is 25.5 Å². The number of aromatic nitrogens is 4. The highest BCUT2D eigenvalue weighted by molar-refractivity contribution is 5.79. The standard InChI is InChI=1S/C22H26N6O2/c1-30-19-5-3-17(4-6-19)9-13-23-22(29)18-10-15-27(16-11-18)20-7-8-21(26-25-20)28-14-2-12-24-28/h2-8,12,14,18H,9-11,13,15-16H2,1H3,(H,23,29). The number of rotatable bonds is 7.